The van der Waals surface area contributed by atoms with Gasteiger partial charge in [0.1, 0.15) is 0 Å². The van der Waals surface area contributed by atoms with Crippen LogP contribution in [-0.4, -0.2) is 31.2 Å². The highest BCUT2D eigenvalue weighted by Crippen LogP contribution is 2.50. The van der Waals surface area contributed by atoms with Crippen LogP contribution < -0.4 is 5.32 Å². The number of thioether (sulfide) groups is 1. The monoisotopic (exact) mass is 364 g/mol. The number of benzene rings is 2. The number of anilines is 1. The van der Waals surface area contributed by atoms with Gasteiger partial charge in [-0.25, -0.2) is 0 Å². The molecule has 0 saturated carbocycles. The van der Waals surface area contributed by atoms with Gasteiger partial charge >= 0.3 is 0 Å². The van der Waals surface area contributed by atoms with Crippen LogP contribution in [0.2, 0.25) is 0 Å². The zero-order valence-electron chi connectivity index (χ0n) is 15.4. The molecule has 1 aliphatic carbocycles. The summed E-state index contributed by atoms with van der Waals surface area (Å²) in [6.07, 6.45) is 7.78. The van der Waals surface area contributed by atoms with Crippen LogP contribution in [0, 0.1) is 5.92 Å². The third kappa shape index (κ3) is 2.92. The molecule has 0 fully saturated rings. The fourth-order valence-corrected chi connectivity index (χ4v) is 4.54. The lowest BCUT2D eigenvalue weighted by Gasteiger charge is -2.37. The molecule has 4 heteroatoms. The fourth-order valence-electron chi connectivity index (χ4n) is 4.13. The Labute approximate surface area is 159 Å². The van der Waals surface area contributed by atoms with Crippen molar-refractivity contribution in [2.75, 3.05) is 25.7 Å². The van der Waals surface area contributed by atoms with E-state index in [1.54, 1.807) is 30.8 Å². The maximum Gasteiger partial charge on any atom is 0.253 e. The van der Waals surface area contributed by atoms with Crippen molar-refractivity contribution in [2.24, 2.45) is 5.92 Å². The molecule has 0 bridgehead atoms. The first-order valence-corrected chi connectivity index (χ1v) is 10.2. The van der Waals surface area contributed by atoms with Crippen LogP contribution in [0.25, 0.3) is 0 Å². The molecule has 3 unspecified atom stereocenters. The first kappa shape index (κ1) is 17.2. The molecule has 4 rings (SSSR count). The normalized spacial score (nSPS) is 23.1. The van der Waals surface area contributed by atoms with Gasteiger partial charge in [-0.3, -0.25) is 4.79 Å². The smallest absolute Gasteiger partial charge is 0.253 e. The lowest BCUT2D eigenvalue weighted by molar-refractivity contribution is 0.0827. The number of nitrogens with one attached hydrogen (secondary N) is 1. The van der Waals surface area contributed by atoms with Crippen molar-refractivity contribution in [3.63, 3.8) is 0 Å². The Hall–Kier alpha value is -2.20. The predicted octanol–water partition coefficient (Wildman–Crippen LogP) is 4.94. The summed E-state index contributed by atoms with van der Waals surface area (Å²) in [7, 11) is 3.60. The van der Waals surface area contributed by atoms with Gasteiger partial charge in [-0.05, 0) is 60.1 Å². The second-order valence-corrected chi connectivity index (χ2v) is 8.13. The van der Waals surface area contributed by atoms with E-state index in [9.17, 15) is 4.79 Å². The number of carbonyl (C=O) groups excluding carboxylic acids is 1. The number of carbonyl (C=O) groups is 1. The average Bonchev–Trinajstić information content (AvgIpc) is 3.16. The van der Waals surface area contributed by atoms with Gasteiger partial charge in [0.25, 0.3) is 5.91 Å². The number of nitrogens with zero attached hydrogens (tertiary/aromatic N) is 1. The minimum absolute atomic E-state index is 0.0566. The molecular formula is C22H24N2OS. The Kier molecular flexibility index (Phi) is 4.53. The molecule has 1 amide bonds. The summed E-state index contributed by atoms with van der Waals surface area (Å²) in [5.41, 5.74) is 4.48. The lowest BCUT2D eigenvalue weighted by Crippen LogP contribution is -2.29. The van der Waals surface area contributed by atoms with Crippen LogP contribution >= 0.6 is 11.8 Å². The van der Waals surface area contributed by atoms with Gasteiger partial charge in [-0.15, -0.1) is 11.8 Å². The third-order valence-corrected chi connectivity index (χ3v) is 6.23. The van der Waals surface area contributed by atoms with Crippen molar-refractivity contribution in [2.45, 2.75) is 23.3 Å². The SMILES string of the molecule is CSc1ccc(C2Nc3ccc(C(=O)N(C)C)cc3C3C=CCC32)cc1. The van der Waals surface area contributed by atoms with Crippen LogP contribution in [0.15, 0.2) is 59.5 Å². The molecule has 134 valence electrons. The summed E-state index contributed by atoms with van der Waals surface area (Å²) in [5, 5.41) is 3.75. The van der Waals surface area contributed by atoms with E-state index in [0.29, 0.717) is 17.9 Å². The molecule has 1 heterocycles. The van der Waals surface area contributed by atoms with Crippen LogP contribution in [0.3, 0.4) is 0 Å². The van der Waals surface area contributed by atoms with Gasteiger partial charge in [0.05, 0.1) is 6.04 Å². The topological polar surface area (TPSA) is 32.3 Å². The van der Waals surface area contributed by atoms with Crippen molar-refractivity contribution in [3.05, 3.63) is 71.3 Å². The molecule has 0 saturated heterocycles. The van der Waals surface area contributed by atoms with E-state index in [1.165, 1.54) is 16.0 Å². The maximum absolute atomic E-state index is 12.4. The largest absolute Gasteiger partial charge is 0.378 e. The maximum atomic E-state index is 12.4. The highest BCUT2D eigenvalue weighted by molar-refractivity contribution is 7.98. The fraction of sp³-hybridized carbons (Fsp3) is 0.318. The molecule has 1 N–H and O–H groups in total. The van der Waals surface area contributed by atoms with E-state index < -0.39 is 0 Å². The zero-order valence-corrected chi connectivity index (χ0v) is 16.2. The number of hydrogen-bond donors (Lipinski definition) is 1. The van der Waals surface area contributed by atoms with Crippen LogP contribution in [0.5, 0.6) is 0 Å². The number of amides is 1. The van der Waals surface area contributed by atoms with E-state index in [1.807, 2.05) is 6.07 Å². The van der Waals surface area contributed by atoms with Crippen molar-refractivity contribution in [1.29, 1.82) is 0 Å². The van der Waals surface area contributed by atoms with Crippen molar-refractivity contribution in [3.8, 4) is 0 Å². The highest BCUT2D eigenvalue weighted by atomic mass is 32.2. The molecule has 2 aromatic rings. The third-order valence-electron chi connectivity index (χ3n) is 5.49. The van der Waals surface area contributed by atoms with E-state index >= 15 is 0 Å². The number of fused-ring (bicyclic) bond motifs is 3. The Bertz CT molecular complexity index is 857. The summed E-state index contributed by atoms with van der Waals surface area (Å²) in [5.74, 6) is 0.917. The molecule has 2 aromatic carbocycles. The number of hydrogen-bond acceptors (Lipinski definition) is 3. The quantitative estimate of drug-likeness (QED) is 0.619. The second-order valence-electron chi connectivity index (χ2n) is 7.25. The average molecular weight is 365 g/mol. The minimum Gasteiger partial charge on any atom is -0.378 e. The number of rotatable bonds is 3. The summed E-state index contributed by atoms with van der Waals surface area (Å²) in [6, 6.07) is 15.3. The Balaban J connectivity index is 1.70. The minimum atomic E-state index is 0.0566. The molecule has 2 aliphatic rings. The Morgan fingerprint density at radius 1 is 1.15 bits per heavy atom. The first-order chi connectivity index (χ1) is 12.6. The van der Waals surface area contributed by atoms with Gasteiger partial charge in [-0.1, -0.05) is 24.3 Å². The van der Waals surface area contributed by atoms with Gasteiger partial charge < -0.3 is 10.2 Å². The summed E-state index contributed by atoms with van der Waals surface area (Å²) >= 11 is 1.77. The molecule has 3 nitrogen and oxygen atoms in total. The van der Waals surface area contributed by atoms with Crippen molar-refractivity contribution >= 4 is 23.4 Å². The van der Waals surface area contributed by atoms with Crippen LogP contribution in [0.1, 0.15) is 39.9 Å². The lowest BCUT2D eigenvalue weighted by atomic mass is 9.76. The van der Waals surface area contributed by atoms with Gasteiger partial charge in [0, 0.05) is 36.2 Å². The summed E-state index contributed by atoms with van der Waals surface area (Å²) in [6.45, 7) is 0. The van der Waals surface area contributed by atoms with Crippen LogP contribution in [0.4, 0.5) is 5.69 Å². The Morgan fingerprint density at radius 2 is 1.92 bits per heavy atom. The molecule has 3 atom stereocenters. The van der Waals surface area contributed by atoms with Gasteiger partial charge in [-0.2, -0.15) is 0 Å². The zero-order chi connectivity index (χ0) is 18.3. The van der Waals surface area contributed by atoms with Gasteiger partial charge in [0.2, 0.25) is 0 Å². The summed E-state index contributed by atoms with van der Waals surface area (Å²) in [4.78, 5) is 15.3. The van der Waals surface area contributed by atoms with E-state index in [0.717, 1.165) is 17.7 Å². The van der Waals surface area contributed by atoms with E-state index in [2.05, 4.69) is 60.1 Å². The standard InChI is InChI=1S/C22H24N2OS/c1-24(2)22(25)15-9-12-20-19(13-15)17-5-4-6-18(17)21(23-20)14-7-10-16(26-3)11-8-14/h4-5,7-13,17-18,21,23H,6H2,1-3H3. The number of allylic oxidation sites excluding steroid dienone is 2. The molecule has 0 spiro atoms. The van der Waals surface area contributed by atoms with Crippen LogP contribution in [-0.2, 0) is 0 Å². The van der Waals surface area contributed by atoms with E-state index in [4.69, 9.17) is 0 Å². The Morgan fingerprint density at radius 3 is 2.62 bits per heavy atom. The molecule has 26 heavy (non-hydrogen) atoms. The molecular weight excluding hydrogens is 340 g/mol. The first-order valence-electron chi connectivity index (χ1n) is 9.01. The second kappa shape index (κ2) is 6.84. The summed E-state index contributed by atoms with van der Waals surface area (Å²) < 4.78 is 0. The predicted molar refractivity (Wildman–Crippen MR) is 109 cm³/mol. The van der Waals surface area contributed by atoms with E-state index in [-0.39, 0.29) is 5.91 Å². The van der Waals surface area contributed by atoms with Crippen molar-refractivity contribution < 1.29 is 4.79 Å². The van der Waals surface area contributed by atoms with Gasteiger partial charge in [0.15, 0.2) is 0 Å². The molecule has 0 radical (unpaired) electrons. The van der Waals surface area contributed by atoms with Crippen molar-refractivity contribution in [1.82, 2.24) is 4.90 Å². The molecule has 1 aliphatic heterocycles. The molecule has 0 aromatic heterocycles. The highest BCUT2D eigenvalue weighted by Gasteiger charge is 2.38.